The number of hydrogen-bond donors (Lipinski definition) is 1. The third-order valence-electron chi connectivity index (χ3n) is 2.04. The monoisotopic (exact) mass is 223 g/mol. The highest BCUT2D eigenvalue weighted by molar-refractivity contribution is 5.89. The molecule has 1 aliphatic heterocycles. The minimum Gasteiger partial charge on any atom is -0.465 e. The Labute approximate surface area is 95.6 Å². The molecule has 0 spiro atoms. The predicted molar refractivity (Wildman–Crippen MR) is 61.5 cm³/mol. The van der Waals surface area contributed by atoms with Gasteiger partial charge in [0.25, 0.3) is 0 Å². The maximum atomic E-state index is 10.8. The molecular formula is C12H17NO3. The molecule has 1 aliphatic rings. The molecule has 1 heterocycles. The van der Waals surface area contributed by atoms with E-state index in [9.17, 15) is 4.79 Å². The van der Waals surface area contributed by atoms with Crippen molar-refractivity contribution in [2.24, 2.45) is 0 Å². The Hall–Kier alpha value is -1.39. The van der Waals surface area contributed by atoms with E-state index in [2.05, 4.69) is 10.1 Å². The fourth-order valence-corrected chi connectivity index (χ4v) is 1.21. The summed E-state index contributed by atoms with van der Waals surface area (Å²) >= 11 is 0. The Bertz CT molecular complexity index is 285. The molecule has 0 amide bonds. The van der Waals surface area contributed by atoms with Gasteiger partial charge in [0.1, 0.15) is 0 Å². The van der Waals surface area contributed by atoms with E-state index < -0.39 is 0 Å². The van der Waals surface area contributed by atoms with E-state index in [1.807, 2.05) is 6.07 Å². The van der Waals surface area contributed by atoms with Crippen LogP contribution in [0.25, 0.3) is 0 Å². The van der Waals surface area contributed by atoms with Crippen molar-refractivity contribution < 1.29 is 14.3 Å². The lowest BCUT2D eigenvalue weighted by Gasteiger charge is -2.10. The van der Waals surface area contributed by atoms with Crippen LogP contribution < -0.4 is 5.32 Å². The van der Waals surface area contributed by atoms with Gasteiger partial charge in [-0.2, -0.15) is 0 Å². The highest BCUT2D eigenvalue weighted by atomic mass is 16.5. The van der Waals surface area contributed by atoms with Gasteiger partial charge in [0.05, 0.1) is 25.9 Å². The van der Waals surface area contributed by atoms with Gasteiger partial charge < -0.3 is 14.8 Å². The van der Waals surface area contributed by atoms with Crippen molar-refractivity contribution >= 4 is 5.97 Å². The molecule has 0 radical (unpaired) electrons. The molecule has 2 rings (SSSR count). The van der Waals surface area contributed by atoms with Crippen molar-refractivity contribution in [3.05, 3.63) is 35.9 Å². The lowest BCUT2D eigenvalue weighted by Crippen LogP contribution is -2.30. The van der Waals surface area contributed by atoms with Crippen LogP contribution in [0.3, 0.4) is 0 Å². The van der Waals surface area contributed by atoms with E-state index in [1.54, 1.807) is 24.3 Å². The molecule has 0 unspecified atom stereocenters. The molecule has 1 saturated heterocycles. The zero-order valence-corrected chi connectivity index (χ0v) is 9.44. The number of ether oxygens (including phenoxy) is 2. The van der Waals surface area contributed by atoms with E-state index in [4.69, 9.17) is 4.74 Å². The van der Waals surface area contributed by atoms with Gasteiger partial charge >= 0.3 is 5.97 Å². The fourth-order valence-electron chi connectivity index (χ4n) is 1.21. The summed E-state index contributed by atoms with van der Waals surface area (Å²) in [6.45, 7) is 3.83. The first-order chi connectivity index (χ1) is 7.84. The third kappa shape index (κ3) is 4.91. The molecule has 0 bridgehead atoms. The van der Waals surface area contributed by atoms with Crippen LogP contribution in [0.2, 0.25) is 0 Å². The lowest BCUT2D eigenvalue weighted by molar-refractivity contribution is 0.0600. The highest BCUT2D eigenvalue weighted by Gasteiger charge is 2.00. The number of nitrogens with one attached hydrogen (secondary N) is 1. The number of rotatable bonds is 1. The number of methoxy groups -OCH3 is 1. The summed E-state index contributed by atoms with van der Waals surface area (Å²) in [6, 6.07) is 8.88. The van der Waals surface area contributed by atoms with Crippen molar-refractivity contribution in [2.75, 3.05) is 33.4 Å². The summed E-state index contributed by atoms with van der Waals surface area (Å²) in [5.41, 5.74) is 0.588. The molecule has 88 valence electrons. The number of carbonyl (C=O) groups excluding carboxylic acids is 1. The SMILES string of the molecule is C1COCCN1.COC(=O)c1ccccc1. The zero-order valence-electron chi connectivity index (χ0n) is 9.44. The number of esters is 1. The van der Waals surface area contributed by atoms with Crippen LogP contribution in [0, 0.1) is 0 Å². The second kappa shape index (κ2) is 7.84. The van der Waals surface area contributed by atoms with Crippen molar-refractivity contribution in [3.8, 4) is 0 Å². The van der Waals surface area contributed by atoms with Crippen LogP contribution in [0.4, 0.5) is 0 Å². The van der Waals surface area contributed by atoms with E-state index in [1.165, 1.54) is 7.11 Å². The van der Waals surface area contributed by atoms with Crippen molar-refractivity contribution in [2.45, 2.75) is 0 Å². The van der Waals surface area contributed by atoms with Crippen molar-refractivity contribution in [1.82, 2.24) is 5.32 Å². The van der Waals surface area contributed by atoms with Gasteiger partial charge in [-0.3, -0.25) is 0 Å². The van der Waals surface area contributed by atoms with E-state index in [0.717, 1.165) is 26.3 Å². The molecule has 1 fully saturated rings. The first-order valence-electron chi connectivity index (χ1n) is 5.26. The Morgan fingerprint density at radius 3 is 2.25 bits per heavy atom. The number of carbonyl (C=O) groups is 1. The smallest absolute Gasteiger partial charge is 0.337 e. The Morgan fingerprint density at radius 1 is 1.25 bits per heavy atom. The van der Waals surface area contributed by atoms with Crippen LogP contribution in [-0.2, 0) is 9.47 Å². The molecule has 1 aromatic carbocycles. The summed E-state index contributed by atoms with van der Waals surface area (Å²) in [5, 5.41) is 3.16. The minimum absolute atomic E-state index is 0.291. The quantitative estimate of drug-likeness (QED) is 0.724. The number of benzene rings is 1. The van der Waals surface area contributed by atoms with Gasteiger partial charge in [0, 0.05) is 13.1 Å². The molecule has 1 N–H and O–H groups in total. The predicted octanol–water partition coefficient (Wildman–Crippen LogP) is 1.08. The van der Waals surface area contributed by atoms with Crippen LogP contribution >= 0.6 is 0 Å². The maximum absolute atomic E-state index is 10.8. The molecule has 0 atom stereocenters. The molecule has 0 aliphatic carbocycles. The zero-order chi connectivity index (χ0) is 11.6. The topological polar surface area (TPSA) is 47.6 Å². The molecule has 0 aromatic heterocycles. The Kier molecular flexibility index (Phi) is 6.22. The first-order valence-corrected chi connectivity index (χ1v) is 5.26. The Balaban J connectivity index is 0.000000181. The van der Waals surface area contributed by atoms with Gasteiger partial charge in [-0.1, -0.05) is 18.2 Å². The summed E-state index contributed by atoms with van der Waals surface area (Å²) in [6.07, 6.45) is 0. The average molecular weight is 223 g/mol. The van der Waals surface area contributed by atoms with E-state index in [-0.39, 0.29) is 5.97 Å². The van der Waals surface area contributed by atoms with E-state index >= 15 is 0 Å². The summed E-state index contributed by atoms with van der Waals surface area (Å²) in [4.78, 5) is 10.8. The second-order valence-electron chi connectivity index (χ2n) is 3.22. The molecule has 4 nitrogen and oxygen atoms in total. The molecule has 4 heteroatoms. The van der Waals surface area contributed by atoms with Crippen LogP contribution in [-0.4, -0.2) is 39.4 Å². The Morgan fingerprint density at radius 2 is 1.88 bits per heavy atom. The fraction of sp³-hybridized carbons (Fsp3) is 0.417. The standard InChI is InChI=1S/C8H8O2.C4H9NO/c1-10-8(9)7-5-3-2-4-6-7;1-3-6-4-2-5-1/h2-6H,1H3;5H,1-4H2. The van der Waals surface area contributed by atoms with Gasteiger partial charge in [-0.05, 0) is 12.1 Å². The van der Waals surface area contributed by atoms with E-state index in [0.29, 0.717) is 5.56 Å². The van der Waals surface area contributed by atoms with Gasteiger partial charge in [0.2, 0.25) is 0 Å². The molecule has 0 saturated carbocycles. The minimum atomic E-state index is -0.291. The highest BCUT2D eigenvalue weighted by Crippen LogP contribution is 1.98. The summed E-state index contributed by atoms with van der Waals surface area (Å²) in [7, 11) is 1.37. The molecule has 16 heavy (non-hydrogen) atoms. The van der Waals surface area contributed by atoms with Crippen molar-refractivity contribution in [1.29, 1.82) is 0 Å². The van der Waals surface area contributed by atoms with Crippen molar-refractivity contribution in [3.63, 3.8) is 0 Å². The normalized spacial score (nSPS) is 14.6. The first kappa shape index (κ1) is 12.7. The van der Waals surface area contributed by atoms with Crippen LogP contribution in [0.15, 0.2) is 30.3 Å². The molecule has 1 aromatic rings. The second-order valence-corrected chi connectivity index (χ2v) is 3.22. The number of morpholine rings is 1. The van der Waals surface area contributed by atoms with Gasteiger partial charge in [-0.25, -0.2) is 4.79 Å². The summed E-state index contributed by atoms with van der Waals surface area (Å²) in [5.74, 6) is -0.291. The van der Waals surface area contributed by atoms with Crippen LogP contribution in [0.1, 0.15) is 10.4 Å². The molecular weight excluding hydrogens is 206 g/mol. The van der Waals surface area contributed by atoms with Crippen LogP contribution in [0.5, 0.6) is 0 Å². The average Bonchev–Trinajstić information content (AvgIpc) is 2.41. The summed E-state index contributed by atoms with van der Waals surface area (Å²) < 4.78 is 9.50. The maximum Gasteiger partial charge on any atom is 0.337 e. The number of hydrogen-bond acceptors (Lipinski definition) is 4. The lowest BCUT2D eigenvalue weighted by atomic mass is 10.2. The van der Waals surface area contributed by atoms with Gasteiger partial charge in [-0.15, -0.1) is 0 Å². The van der Waals surface area contributed by atoms with Gasteiger partial charge in [0.15, 0.2) is 0 Å². The third-order valence-corrected chi connectivity index (χ3v) is 2.04. The largest absolute Gasteiger partial charge is 0.465 e.